The Morgan fingerprint density at radius 3 is 2.33 bits per heavy atom. The highest BCUT2D eigenvalue weighted by Crippen LogP contribution is 2.42. The van der Waals surface area contributed by atoms with Crippen molar-refractivity contribution in [2.24, 2.45) is 0 Å². The van der Waals surface area contributed by atoms with Crippen LogP contribution in [0.5, 0.6) is 0 Å². The van der Waals surface area contributed by atoms with Gasteiger partial charge in [-0.1, -0.05) is 60.2 Å². The van der Waals surface area contributed by atoms with Gasteiger partial charge in [0.25, 0.3) is 0 Å². The molecule has 0 radical (unpaired) electrons. The van der Waals surface area contributed by atoms with Crippen LogP contribution < -0.4 is 0 Å². The Bertz CT molecular complexity index is 780. The number of benzene rings is 2. The number of hydrogen-bond donors (Lipinski definition) is 1. The fraction of sp³-hybridized carbons (Fsp3) is 0.435. The zero-order valence-electron chi connectivity index (χ0n) is 16.6. The number of carbonyl (C=O) groups excluding carboxylic acids is 1. The summed E-state index contributed by atoms with van der Waals surface area (Å²) in [6, 6.07) is 17.9. The maximum atomic E-state index is 13.0. The molecule has 1 heterocycles. The standard InChI is InChI=1S/C23H29NO3/c1-17-10-12-19(13-11-17)18(2)24-15-14-23(27-21(24)25,16-22(3,4)26)20-8-6-5-7-9-20/h5-13,18,26H,14-16H2,1-4H3/t18?,23-/m1/s1. The van der Waals surface area contributed by atoms with E-state index in [-0.39, 0.29) is 12.1 Å². The molecule has 4 heteroatoms. The third-order valence-electron chi connectivity index (χ3n) is 5.32. The molecule has 2 atom stereocenters. The van der Waals surface area contributed by atoms with Crippen molar-refractivity contribution in [3.05, 3.63) is 71.3 Å². The summed E-state index contributed by atoms with van der Waals surface area (Å²) in [5, 5.41) is 10.5. The predicted molar refractivity (Wildman–Crippen MR) is 106 cm³/mol. The van der Waals surface area contributed by atoms with Crippen LogP contribution in [0, 0.1) is 6.92 Å². The average Bonchev–Trinajstić information content (AvgIpc) is 2.61. The first-order chi connectivity index (χ1) is 12.7. The number of cyclic esters (lactones) is 1. The molecule has 0 spiro atoms. The molecule has 1 unspecified atom stereocenters. The van der Waals surface area contributed by atoms with Crippen molar-refractivity contribution in [3.8, 4) is 0 Å². The van der Waals surface area contributed by atoms with E-state index < -0.39 is 11.2 Å². The van der Waals surface area contributed by atoms with E-state index in [9.17, 15) is 9.90 Å². The van der Waals surface area contributed by atoms with Gasteiger partial charge in [-0.3, -0.25) is 0 Å². The molecule has 2 aromatic rings. The van der Waals surface area contributed by atoms with E-state index in [1.165, 1.54) is 5.56 Å². The van der Waals surface area contributed by atoms with E-state index in [1.54, 1.807) is 18.7 Å². The molecule has 2 aromatic carbocycles. The third kappa shape index (κ3) is 4.33. The van der Waals surface area contributed by atoms with Crippen molar-refractivity contribution in [1.82, 2.24) is 4.90 Å². The number of amides is 1. The Hall–Kier alpha value is -2.33. The quantitative estimate of drug-likeness (QED) is 0.813. The lowest BCUT2D eigenvalue weighted by Crippen LogP contribution is -2.51. The van der Waals surface area contributed by atoms with Crippen LogP contribution in [0.4, 0.5) is 4.79 Å². The number of aryl methyl sites for hydroxylation is 1. The Kier molecular flexibility index (Phi) is 5.29. The first kappa shape index (κ1) is 19.4. The predicted octanol–water partition coefficient (Wildman–Crippen LogP) is 4.95. The van der Waals surface area contributed by atoms with Gasteiger partial charge < -0.3 is 14.7 Å². The van der Waals surface area contributed by atoms with Crippen molar-refractivity contribution in [3.63, 3.8) is 0 Å². The highest BCUT2D eigenvalue weighted by Gasteiger charge is 2.46. The van der Waals surface area contributed by atoms with Gasteiger partial charge in [-0.15, -0.1) is 0 Å². The van der Waals surface area contributed by atoms with Crippen LogP contribution in [-0.2, 0) is 10.3 Å². The van der Waals surface area contributed by atoms with Crippen LogP contribution in [-0.4, -0.2) is 28.2 Å². The normalized spacial score (nSPS) is 21.7. The van der Waals surface area contributed by atoms with Gasteiger partial charge in [-0.05, 0) is 38.8 Å². The number of aliphatic hydroxyl groups is 1. The summed E-state index contributed by atoms with van der Waals surface area (Å²) in [5.74, 6) is 0. The van der Waals surface area contributed by atoms with Crippen LogP contribution in [0.1, 0.15) is 56.3 Å². The Morgan fingerprint density at radius 2 is 1.78 bits per heavy atom. The van der Waals surface area contributed by atoms with Crippen molar-refractivity contribution in [2.45, 2.75) is 57.8 Å². The second-order valence-corrected chi connectivity index (χ2v) is 8.25. The van der Waals surface area contributed by atoms with Gasteiger partial charge in [-0.25, -0.2) is 4.79 Å². The second kappa shape index (κ2) is 7.35. The molecule has 1 aliphatic heterocycles. The largest absolute Gasteiger partial charge is 0.438 e. The molecule has 144 valence electrons. The summed E-state index contributed by atoms with van der Waals surface area (Å²) in [5.41, 5.74) is 1.47. The van der Waals surface area contributed by atoms with Crippen molar-refractivity contribution >= 4 is 6.09 Å². The van der Waals surface area contributed by atoms with Crippen LogP contribution in [0.15, 0.2) is 54.6 Å². The molecule has 1 fully saturated rings. The maximum Gasteiger partial charge on any atom is 0.411 e. The average molecular weight is 367 g/mol. The molecule has 1 amide bonds. The number of carbonyl (C=O) groups is 1. The summed E-state index contributed by atoms with van der Waals surface area (Å²) < 4.78 is 6.04. The van der Waals surface area contributed by atoms with E-state index in [1.807, 2.05) is 37.3 Å². The smallest absolute Gasteiger partial charge is 0.411 e. The van der Waals surface area contributed by atoms with E-state index in [4.69, 9.17) is 4.74 Å². The molecule has 0 bridgehead atoms. The highest BCUT2D eigenvalue weighted by atomic mass is 16.6. The van der Waals surface area contributed by atoms with Crippen LogP contribution >= 0.6 is 0 Å². The van der Waals surface area contributed by atoms with Crippen molar-refractivity contribution < 1.29 is 14.6 Å². The van der Waals surface area contributed by atoms with E-state index in [2.05, 4.69) is 31.2 Å². The molecule has 0 aliphatic carbocycles. The topological polar surface area (TPSA) is 49.8 Å². The highest BCUT2D eigenvalue weighted by molar-refractivity contribution is 5.70. The molecular formula is C23H29NO3. The molecule has 4 nitrogen and oxygen atoms in total. The number of nitrogens with zero attached hydrogens (tertiary/aromatic N) is 1. The van der Waals surface area contributed by atoms with Crippen LogP contribution in [0.2, 0.25) is 0 Å². The number of ether oxygens (including phenoxy) is 1. The second-order valence-electron chi connectivity index (χ2n) is 8.25. The molecular weight excluding hydrogens is 338 g/mol. The number of hydrogen-bond acceptors (Lipinski definition) is 3. The van der Waals surface area contributed by atoms with Gasteiger partial charge in [0.2, 0.25) is 0 Å². The molecule has 1 saturated heterocycles. The maximum absolute atomic E-state index is 13.0. The van der Waals surface area contributed by atoms with Gasteiger partial charge in [0.1, 0.15) is 5.60 Å². The molecule has 0 aromatic heterocycles. The molecule has 3 rings (SSSR count). The Morgan fingerprint density at radius 1 is 1.15 bits per heavy atom. The zero-order chi connectivity index (χ0) is 19.7. The van der Waals surface area contributed by atoms with E-state index in [0.29, 0.717) is 19.4 Å². The summed E-state index contributed by atoms with van der Waals surface area (Å²) in [6.07, 6.45) is 0.674. The van der Waals surface area contributed by atoms with Gasteiger partial charge in [0.15, 0.2) is 0 Å². The third-order valence-corrected chi connectivity index (χ3v) is 5.32. The van der Waals surface area contributed by atoms with Gasteiger partial charge >= 0.3 is 6.09 Å². The Balaban J connectivity index is 1.85. The fourth-order valence-electron chi connectivity index (χ4n) is 3.92. The van der Waals surface area contributed by atoms with Gasteiger partial charge in [0, 0.05) is 19.4 Å². The Labute approximate surface area is 161 Å². The fourth-order valence-corrected chi connectivity index (χ4v) is 3.92. The van der Waals surface area contributed by atoms with Crippen molar-refractivity contribution in [2.75, 3.05) is 6.54 Å². The van der Waals surface area contributed by atoms with Gasteiger partial charge in [0.05, 0.1) is 11.6 Å². The van der Waals surface area contributed by atoms with E-state index in [0.717, 1.165) is 11.1 Å². The molecule has 27 heavy (non-hydrogen) atoms. The van der Waals surface area contributed by atoms with Crippen LogP contribution in [0.25, 0.3) is 0 Å². The monoisotopic (exact) mass is 367 g/mol. The lowest BCUT2D eigenvalue weighted by atomic mass is 9.80. The minimum absolute atomic E-state index is 0.0611. The first-order valence-corrected chi connectivity index (χ1v) is 9.54. The lowest BCUT2D eigenvalue weighted by Gasteiger charge is -2.45. The SMILES string of the molecule is Cc1ccc(C(C)N2CC[C@@](CC(C)(C)O)(c3ccccc3)OC2=O)cc1. The zero-order valence-corrected chi connectivity index (χ0v) is 16.6. The summed E-state index contributed by atoms with van der Waals surface area (Å²) in [7, 11) is 0. The summed E-state index contributed by atoms with van der Waals surface area (Å²) >= 11 is 0. The minimum atomic E-state index is -0.944. The van der Waals surface area contributed by atoms with E-state index >= 15 is 0 Å². The lowest BCUT2D eigenvalue weighted by molar-refractivity contribution is -0.101. The molecule has 0 saturated carbocycles. The van der Waals surface area contributed by atoms with Gasteiger partial charge in [-0.2, -0.15) is 0 Å². The summed E-state index contributed by atoms with van der Waals surface area (Å²) in [4.78, 5) is 14.7. The van der Waals surface area contributed by atoms with Crippen molar-refractivity contribution in [1.29, 1.82) is 0 Å². The molecule has 1 aliphatic rings. The first-order valence-electron chi connectivity index (χ1n) is 9.54. The molecule has 1 N–H and O–H groups in total. The van der Waals surface area contributed by atoms with Crippen LogP contribution in [0.3, 0.4) is 0 Å². The minimum Gasteiger partial charge on any atom is -0.438 e. The number of rotatable bonds is 5. The summed E-state index contributed by atoms with van der Waals surface area (Å²) in [6.45, 7) is 8.17.